The standard InChI is InChI=1S/C46H37N3O/c1-26-19-28(3)42(29(4)20-26)35-15-16-41-39(23-35)40-25-36(43-30(5)21-27(2)22-31(43)6)24-38(44(40)50-41)33-11-13-34(14-12-33)45-47-48-46-37-10-8-7-9-32(37)17-18-49(45)46/h7-25H,1-6H3. The lowest BCUT2D eigenvalue weighted by atomic mass is 9.89. The molecule has 0 aliphatic carbocycles. The van der Waals surface area contributed by atoms with Crippen molar-refractivity contribution in [1.29, 1.82) is 0 Å². The third kappa shape index (κ3) is 4.74. The molecule has 6 aromatic carbocycles. The lowest BCUT2D eigenvalue weighted by Crippen LogP contribution is -1.92. The van der Waals surface area contributed by atoms with Gasteiger partial charge in [0, 0.05) is 33.5 Å². The molecule has 0 saturated heterocycles. The lowest BCUT2D eigenvalue weighted by molar-refractivity contribution is 0.670. The summed E-state index contributed by atoms with van der Waals surface area (Å²) in [6, 6.07) is 39.5. The number of benzene rings is 6. The molecular formula is C46H37N3O. The van der Waals surface area contributed by atoms with Crippen LogP contribution in [0.5, 0.6) is 0 Å². The van der Waals surface area contributed by atoms with E-state index in [0.717, 1.165) is 60.9 Å². The first-order valence-corrected chi connectivity index (χ1v) is 17.2. The average Bonchev–Trinajstić information content (AvgIpc) is 3.69. The van der Waals surface area contributed by atoms with Crippen LogP contribution in [0.25, 0.3) is 83.1 Å². The molecule has 0 aliphatic heterocycles. The van der Waals surface area contributed by atoms with Gasteiger partial charge in [0.15, 0.2) is 11.5 Å². The summed E-state index contributed by atoms with van der Waals surface area (Å²) >= 11 is 0. The topological polar surface area (TPSA) is 43.3 Å². The smallest absolute Gasteiger partial charge is 0.168 e. The van der Waals surface area contributed by atoms with Gasteiger partial charge >= 0.3 is 0 Å². The fourth-order valence-corrected chi connectivity index (χ4v) is 8.28. The summed E-state index contributed by atoms with van der Waals surface area (Å²) in [7, 11) is 0. The predicted octanol–water partition coefficient (Wildman–Crippen LogP) is 12.3. The Bertz CT molecular complexity index is 2770. The summed E-state index contributed by atoms with van der Waals surface area (Å²) in [6.45, 7) is 13.2. The van der Waals surface area contributed by atoms with E-state index in [1.54, 1.807) is 0 Å². The lowest BCUT2D eigenvalue weighted by Gasteiger charge is -2.14. The Balaban J connectivity index is 1.24. The maximum Gasteiger partial charge on any atom is 0.168 e. The monoisotopic (exact) mass is 647 g/mol. The highest BCUT2D eigenvalue weighted by Crippen LogP contribution is 2.43. The molecule has 242 valence electrons. The normalized spacial score (nSPS) is 11.8. The summed E-state index contributed by atoms with van der Waals surface area (Å²) < 4.78 is 8.83. The summed E-state index contributed by atoms with van der Waals surface area (Å²) in [5, 5.41) is 13.7. The minimum atomic E-state index is 0.820. The summed E-state index contributed by atoms with van der Waals surface area (Å²) in [5.41, 5.74) is 18.5. The van der Waals surface area contributed by atoms with Crippen LogP contribution in [0.1, 0.15) is 33.4 Å². The first-order valence-electron chi connectivity index (χ1n) is 17.2. The number of aryl methyl sites for hydroxylation is 6. The van der Waals surface area contributed by atoms with Gasteiger partial charge in [-0.2, -0.15) is 0 Å². The molecule has 0 amide bonds. The Labute approximate surface area is 291 Å². The Morgan fingerprint density at radius 3 is 1.80 bits per heavy atom. The van der Waals surface area contributed by atoms with Gasteiger partial charge in [0.05, 0.1) is 0 Å². The van der Waals surface area contributed by atoms with Gasteiger partial charge in [-0.1, -0.05) is 90.0 Å². The van der Waals surface area contributed by atoms with Crippen LogP contribution in [0.4, 0.5) is 0 Å². The summed E-state index contributed by atoms with van der Waals surface area (Å²) in [4.78, 5) is 0. The van der Waals surface area contributed by atoms with E-state index >= 15 is 0 Å². The third-order valence-corrected chi connectivity index (χ3v) is 10.3. The Hall–Kier alpha value is -6.00. The van der Waals surface area contributed by atoms with Crippen LogP contribution in [0.3, 0.4) is 0 Å². The van der Waals surface area contributed by atoms with E-state index in [1.165, 1.54) is 55.6 Å². The van der Waals surface area contributed by atoms with Crippen molar-refractivity contribution < 1.29 is 4.42 Å². The third-order valence-electron chi connectivity index (χ3n) is 10.3. The predicted molar refractivity (Wildman–Crippen MR) is 208 cm³/mol. The molecule has 9 rings (SSSR count). The van der Waals surface area contributed by atoms with Crippen molar-refractivity contribution in [3.8, 4) is 44.8 Å². The number of fused-ring (bicyclic) bond motifs is 6. The quantitative estimate of drug-likeness (QED) is 0.191. The van der Waals surface area contributed by atoms with Crippen molar-refractivity contribution in [3.63, 3.8) is 0 Å². The maximum atomic E-state index is 6.75. The van der Waals surface area contributed by atoms with E-state index < -0.39 is 0 Å². The van der Waals surface area contributed by atoms with E-state index in [0.29, 0.717) is 0 Å². The van der Waals surface area contributed by atoms with Crippen LogP contribution in [-0.2, 0) is 0 Å². The molecule has 0 aliphatic rings. The van der Waals surface area contributed by atoms with E-state index in [4.69, 9.17) is 4.42 Å². The molecular weight excluding hydrogens is 611 g/mol. The van der Waals surface area contributed by atoms with Crippen molar-refractivity contribution in [2.75, 3.05) is 0 Å². The van der Waals surface area contributed by atoms with E-state index in [2.05, 4.69) is 165 Å². The summed E-state index contributed by atoms with van der Waals surface area (Å²) in [5.74, 6) is 0.820. The second kappa shape index (κ2) is 11.3. The van der Waals surface area contributed by atoms with E-state index in [9.17, 15) is 0 Å². The average molecular weight is 648 g/mol. The number of furan rings is 1. The van der Waals surface area contributed by atoms with Crippen molar-refractivity contribution in [2.24, 2.45) is 0 Å². The van der Waals surface area contributed by atoms with Gasteiger partial charge in [0.25, 0.3) is 0 Å². The summed E-state index contributed by atoms with van der Waals surface area (Å²) in [6.07, 6.45) is 2.06. The van der Waals surface area contributed by atoms with Crippen LogP contribution in [0.2, 0.25) is 0 Å². The van der Waals surface area contributed by atoms with Crippen molar-refractivity contribution in [3.05, 3.63) is 149 Å². The molecule has 3 aromatic heterocycles. The fraction of sp³-hybridized carbons (Fsp3) is 0.130. The molecule has 0 spiro atoms. The number of rotatable bonds is 4. The van der Waals surface area contributed by atoms with Crippen LogP contribution in [0, 0.1) is 41.5 Å². The number of nitrogens with zero attached hydrogens (tertiary/aromatic N) is 3. The van der Waals surface area contributed by atoms with Gasteiger partial charge < -0.3 is 4.42 Å². The molecule has 0 atom stereocenters. The highest BCUT2D eigenvalue weighted by molar-refractivity contribution is 6.12. The minimum absolute atomic E-state index is 0.820. The van der Waals surface area contributed by atoms with Gasteiger partial charge in [-0.15, -0.1) is 10.2 Å². The zero-order valence-corrected chi connectivity index (χ0v) is 29.2. The number of hydrogen-bond acceptors (Lipinski definition) is 3. The molecule has 0 fully saturated rings. The van der Waals surface area contributed by atoms with E-state index in [-0.39, 0.29) is 0 Å². The second-order valence-corrected chi connectivity index (χ2v) is 14.0. The van der Waals surface area contributed by atoms with Crippen molar-refractivity contribution in [2.45, 2.75) is 41.5 Å². The first kappa shape index (κ1) is 30.1. The molecule has 0 radical (unpaired) electrons. The number of aromatic nitrogens is 3. The Morgan fingerprint density at radius 2 is 1.10 bits per heavy atom. The number of pyridine rings is 1. The minimum Gasteiger partial charge on any atom is -0.455 e. The Kier molecular flexibility index (Phi) is 6.79. The van der Waals surface area contributed by atoms with Crippen molar-refractivity contribution >= 4 is 38.4 Å². The highest BCUT2D eigenvalue weighted by Gasteiger charge is 2.19. The van der Waals surface area contributed by atoms with Gasteiger partial charge in [0.2, 0.25) is 0 Å². The van der Waals surface area contributed by atoms with Crippen LogP contribution < -0.4 is 0 Å². The zero-order chi connectivity index (χ0) is 34.3. The molecule has 3 heterocycles. The maximum absolute atomic E-state index is 6.75. The van der Waals surface area contributed by atoms with Crippen molar-refractivity contribution in [1.82, 2.24) is 14.6 Å². The SMILES string of the molecule is Cc1cc(C)c(-c2ccc3oc4c(-c5ccc(-c6nnc7c8ccccc8ccn67)cc5)cc(-c5c(C)cc(C)cc5C)cc4c3c2)c(C)c1. The van der Waals surface area contributed by atoms with Gasteiger partial charge in [-0.05, 0) is 127 Å². The molecule has 50 heavy (non-hydrogen) atoms. The van der Waals surface area contributed by atoms with Gasteiger partial charge in [-0.25, -0.2) is 0 Å². The highest BCUT2D eigenvalue weighted by atomic mass is 16.3. The molecule has 0 bridgehead atoms. The van der Waals surface area contributed by atoms with Crippen LogP contribution >= 0.6 is 0 Å². The molecule has 0 N–H and O–H groups in total. The largest absolute Gasteiger partial charge is 0.455 e. The first-order chi connectivity index (χ1) is 24.2. The fourth-order valence-electron chi connectivity index (χ4n) is 8.28. The van der Waals surface area contributed by atoms with Gasteiger partial charge in [0.1, 0.15) is 11.2 Å². The zero-order valence-electron chi connectivity index (χ0n) is 29.2. The molecule has 4 nitrogen and oxygen atoms in total. The Morgan fingerprint density at radius 1 is 0.500 bits per heavy atom. The molecule has 4 heteroatoms. The molecule has 0 saturated carbocycles. The van der Waals surface area contributed by atoms with E-state index in [1.807, 2.05) is 6.07 Å². The molecule has 9 aromatic rings. The second-order valence-electron chi connectivity index (χ2n) is 14.0. The van der Waals surface area contributed by atoms with Gasteiger partial charge in [-0.3, -0.25) is 4.40 Å². The number of hydrogen-bond donors (Lipinski definition) is 0. The molecule has 0 unspecified atom stereocenters. The van der Waals surface area contributed by atoms with Crippen LogP contribution in [0.15, 0.2) is 120 Å². The van der Waals surface area contributed by atoms with Crippen LogP contribution in [-0.4, -0.2) is 14.6 Å².